The third-order valence-electron chi connectivity index (χ3n) is 3.75. The highest BCUT2D eigenvalue weighted by atomic mass is 16.3. The Labute approximate surface area is 156 Å². The highest BCUT2D eigenvalue weighted by Crippen LogP contribution is 2.07. The van der Waals surface area contributed by atoms with E-state index in [1.807, 2.05) is 34.6 Å². The Balaban J connectivity index is 4.79. The molecule has 0 fully saturated rings. The predicted octanol–water partition coefficient (Wildman–Crippen LogP) is -0.0724. The minimum absolute atomic E-state index is 0.131. The molecule has 0 radical (unpaired) electrons. The Morgan fingerprint density at radius 1 is 0.808 bits per heavy atom. The number of rotatable bonds is 12. The van der Waals surface area contributed by atoms with E-state index < -0.39 is 30.1 Å². The monoisotopic (exact) mass is 373 g/mol. The van der Waals surface area contributed by atoms with E-state index in [0.29, 0.717) is 31.8 Å². The van der Waals surface area contributed by atoms with E-state index in [2.05, 4.69) is 16.0 Å². The SMILES string of the molecule is CCCNC(=O)[C@@H](O)[C@H](O)C(=O)N[C@@H](CC(C)C)C(=O)NCCC(C)C. The Morgan fingerprint density at radius 3 is 1.85 bits per heavy atom. The average molecular weight is 373 g/mol. The van der Waals surface area contributed by atoms with Crippen molar-refractivity contribution in [1.29, 1.82) is 0 Å². The number of aliphatic hydroxyl groups excluding tert-OH is 2. The lowest BCUT2D eigenvalue weighted by Gasteiger charge is -2.23. The van der Waals surface area contributed by atoms with Gasteiger partial charge in [0.1, 0.15) is 6.04 Å². The maximum absolute atomic E-state index is 12.3. The molecule has 0 spiro atoms. The lowest BCUT2D eigenvalue weighted by molar-refractivity contribution is -0.147. The van der Waals surface area contributed by atoms with E-state index in [1.54, 1.807) is 0 Å². The number of aliphatic hydroxyl groups is 2. The number of nitrogens with one attached hydrogen (secondary N) is 3. The van der Waals surface area contributed by atoms with Crippen LogP contribution in [0.1, 0.15) is 53.9 Å². The maximum Gasteiger partial charge on any atom is 0.252 e. The molecule has 0 rings (SSSR count). The number of hydrogen-bond acceptors (Lipinski definition) is 5. The van der Waals surface area contributed by atoms with Crippen molar-refractivity contribution in [2.45, 2.75) is 72.1 Å². The summed E-state index contributed by atoms with van der Waals surface area (Å²) in [6, 6.07) is -0.838. The second-order valence-electron chi connectivity index (χ2n) is 7.34. The van der Waals surface area contributed by atoms with Gasteiger partial charge in [-0.1, -0.05) is 34.6 Å². The van der Waals surface area contributed by atoms with Crippen molar-refractivity contribution in [3.05, 3.63) is 0 Å². The molecule has 0 aliphatic heterocycles. The summed E-state index contributed by atoms with van der Waals surface area (Å²) in [5.41, 5.74) is 0. The molecule has 0 aliphatic carbocycles. The van der Waals surface area contributed by atoms with Gasteiger partial charge in [-0.15, -0.1) is 0 Å². The summed E-state index contributed by atoms with van der Waals surface area (Å²) in [5, 5.41) is 27.3. The topological polar surface area (TPSA) is 128 Å². The van der Waals surface area contributed by atoms with Gasteiger partial charge in [-0.2, -0.15) is 0 Å². The van der Waals surface area contributed by atoms with Crippen LogP contribution in [0.3, 0.4) is 0 Å². The highest BCUT2D eigenvalue weighted by molar-refractivity contribution is 5.93. The Hall–Kier alpha value is -1.67. The van der Waals surface area contributed by atoms with Gasteiger partial charge in [-0.3, -0.25) is 14.4 Å². The molecule has 0 aliphatic rings. The van der Waals surface area contributed by atoms with Crippen molar-refractivity contribution in [2.24, 2.45) is 11.8 Å². The van der Waals surface area contributed by atoms with Crippen LogP contribution in [0.15, 0.2) is 0 Å². The molecule has 0 unspecified atom stereocenters. The summed E-state index contributed by atoms with van der Waals surface area (Å²) in [6.07, 6.45) is -1.97. The molecule has 0 aromatic carbocycles. The van der Waals surface area contributed by atoms with Crippen LogP contribution in [0.2, 0.25) is 0 Å². The Morgan fingerprint density at radius 2 is 1.35 bits per heavy atom. The largest absolute Gasteiger partial charge is 0.380 e. The summed E-state index contributed by atoms with van der Waals surface area (Å²) in [7, 11) is 0. The second kappa shape index (κ2) is 12.6. The van der Waals surface area contributed by atoms with Crippen LogP contribution < -0.4 is 16.0 Å². The zero-order valence-corrected chi connectivity index (χ0v) is 16.5. The fourth-order valence-corrected chi connectivity index (χ4v) is 2.21. The van der Waals surface area contributed by atoms with Crippen molar-refractivity contribution in [1.82, 2.24) is 16.0 Å². The molecule has 0 saturated carbocycles. The maximum atomic E-state index is 12.3. The first-order chi connectivity index (χ1) is 12.1. The van der Waals surface area contributed by atoms with E-state index in [0.717, 1.165) is 6.42 Å². The third kappa shape index (κ3) is 9.72. The van der Waals surface area contributed by atoms with E-state index in [4.69, 9.17) is 0 Å². The van der Waals surface area contributed by atoms with Gasteiger partial charge in [0, 0.05) is 13.1 Å². The average Bonchev–Trinajstić information content (AvgIpc) is 2.56. The molecule has 0 heterocycles. The van der Waals surface area contributed by atoms with Crippen LogP contribution in [-0.4, -0.2) is 59.3 Å². The summed E-state index contributed by atoms with van der Waals surface area (Å²) >= 11 is 0. The zero-order valence-electron chi connectivity index (χ0n) is 16.5. The van der Waals surface area contributed by atoms with Crippen molar-refractivity contribution in [3.8, 4) is 0 Å². The normalized spacial score (nSPS) is 14.7. The standard InChI is InChI=1S/C18H35N3O5/c1-6-8-19-17(25)14(22)15(23)18(26)21-13(10-12(4)5)16(24)20-9-7-11(2)3/h11-15,22-23H,6-10H2,1-5H3,(H,19,25)(H,20,24)(H,21,26)/t13-,14-,15-/m0/s1. The molecular weight excluding hydrogens is 338 g/mol. The fraction of sp³-hybridized carbons (Fsp3) is 0.833. The molecule has 3 atom stereocenters. The van der Waals surface area contributed by atoms with E-state index in [9.17, 15) is 24.6 Å². The number of carbonyl (C=O) groups is 3. The highest BCUT2D eigenvalue weighted by Gasteiger charge is 2.32. The first-order valence-electron chi connectivity index (χ1n) is 9.32. The molecule has 8 heteroatoms. The van der Waals surface area contributed by atoms with Crippen LogP contribution in [0.5, 0.6) is 0 Å². The van der Waals surface area contributed by atoms with E-state index in [-0.39, 0.29) is 11.8 Å². The third-order valence-corrected chi connectivity index (χ3v) is 3.75. The molecule has 0 aromatic rings. The van der Waals surface area contributed by atoms with Gasteiger partial charge in [0.2, 0.25) is 5.91 Å². The first kappa shape index (κ1) is 24.3. The van der Waals surface area contributed by atoms with Gasteiger partial charge in [0.15, 0.2) is 12.2 Å². The molecule has 152 valence electrons. The number of amides is 3. The van der Waals surface area contributed by atoms with Crippen molar-refractivity contribution in [2.75, 3.05) is 13.1 Å². The summed E-state index contributed by atoms with van der Waals surface area (Å²) in [4.78, 5) is 36.1. The molecule has 0 bridgehead atoms. The lowest BCUT2D eigenvalue weighted by Crippen LogP contribution is -2.55. The number of hydrogen-bond donors (Lipinski definition) is 5. The van der Waals surface area contributed by atoms with Gasteiger partial charge in [-0.25, -0.2) is 0 Å². The lowest BCUT2D eigenvalue weighted by atomic mass is 10.0. The second-order valence-corrected chi connectivity index (χ2v) is 7.34. The Bertz CT molecular complexity index is 454. The van der Waals surface area contributed by atoms with Crippen LogP contribution in [0, 0.1) is 11.8 Å². The van der Waals surface area contributed by atoms with Crippen molar-refractivity contribution >= 4 is 17.7 Å². The summed E-state index contributed by atoms with van der Waals surface area (Å²) in [5.74, 6) is -1.55. The van der Waals surface area contributed by atoms with Crippen LogP contribution in [-0.2, 0) is 14.4 Å². The molecule has 8 nitrogen and oxygen atoms in total. The first-order valence-corrected chi connectivity index (χ1v) is 9.32. The van der Waals surface area contributed by atoms with Crippen molar-refractivity contribution in [3.63, 3.8) is 0 Å². The molecule has 0 aromatic heterocycles. The van der Waals surface area contributed by atoms with Crippen LogP contribution >= 0.6 is 0 Å². The predicted molar refractivity (Wildman–Crippen MR) is 99.2 cm³/mol. The minimum atomic E-state index is -1.94. The Kier molecular flexibility index (Phi) is 11.8. The molecule has 5 N–H and O–H groups in total. The minimum Gasteiger partial charge on any atom is -0.380 e. The smallest absolute Gasteiger partial charge is 0.252 e. The van der Waals surface area contributed by atoms with Gasteiger partial charge in [-0.05, 0) is 31.1 Å². The number of carbonyl (C=O) groups excluding carboxylic acids is 3. The van der Waals surface area contributed by atoms with Gasteiger partial charge in [0.05, 0.1) is 0 Å². The zero-order chi connectivity index (χ0) is 20.3. The summed E-state index contributed by atoms with van der Waals surface area (Å²) < 4.78 is 0. The molecule has 0 saturated heterocycles. The van der Waals surface area contributed by atoms with Crippen LogP contribution in [0.25, 0.3) is 0 Å². The van der Waals surface area contributed by atoms with Gasteiger partial charge >= 0.3 is 0 Å². The fourth-order valence-electron chi connectivity index (χ4n) is 2.21. The van der Waals surface area contributed by atoms with E-state index in [1.165, 1.54) is 0 Å². The quantitative estimate of drug-likeness (QED) is 0.327. The van der Waals surface area contributed by atoms with Crippen molar-refractivity contribution < 1.29 is 24.6 Å². The summed E-state index contributed by atoms with van der Waals surface area (Å²) in [6.45, 7) is 10.6. The molecule has 3 amide bonds. The molecule has 26 heavy (non-hydrogen) atoms. The molecular formula is C18H35N3O5. The van der Waals surface area contributed by atoms with E-state index >= 15 is 0 Å². The van der Waals surface area contributed by atoms with Gasteiger partial charge in [0.25, 0.3) is 11.8 Å². The van der Waals surface area contributed by atoms with Gasteiger partial charge < -0.3 is 26.2 Å². The van der Waals surface area contributed by atoms with Crippen LogP contribution in [0.4, 0.5) is 0 Å².